The van der Waals surface area contributed by atoms with Crippen molar-refractivity contribution >= 4 is 11.6 Å². The molecule has 0 spiro atoms. The number of aliphatic imine (C=N–C) groups is 1. The number of hydrogen-bond acceptors (Lipinski definition) is 3. The molecule has 1 aliphatic rings. The van der Waals surface area contributed by atoms with E-state index in [4.69, 9.17) is 10.5 Å². The molecule has 3 N–H and O–H groups in total. The third-order valence-electron chi connectivity index (χ3n) is 4.70. The van der Waals surface area contributed by atoms with Crippen LogP contribution in [0.5, 0.6) is 0 Å². The monoisotopic (exact) mass is 352 g/mol. The van der Waals surface area contributed by atoms with Crippen LogP contribution in [0.25, 0.3) is 0 Å². The average Bonchev–Trinajstić information content (AvgIpc) is 2.67. The molecule has 0 amide bonds. The zero-order chi connectivity index (χ0) is 18.2. The highest BCUT2D eigenvalue weighted by Gasteiger charge is 2.14. The Morgan fingerprint density at radius 2 is 1.92 bits per heavy atom. The van der Waals surface area contributed by atoms with Crippen LogP contribution >= 0.6 is 0 Å². The minimum Gasteiger partial charge on any atom is -0.380 e. The number of benzene rings is 2. The summed E-state index contributed by atoms with van der Waals surface area (Å²) in [5.74, 6) is 0.456. The molecule has 5 heteroatoms. The van der Waals surface area contributed by atoms with Crippen molar-refractivity contribution in [2.75, 3.05) is 32.1 Å². The van der Waals surface area contributed by atoms with Gasteiger partial charge in [-0.15, -0.1) is 0 Å². The van der Waals surface area contributed by atoms with Crippen molar-refractivity contribution in [2.45, 2.75) is 26.0 Å². The van der Waals surface area contributed by atoms with Gasteiger partial charge in [0.05, 0.1) is 6.61 Å². The first kappa shape index (κ1) is 18.4. The lowest BCUT2D eigenvalue weighted by Gasteiger charge is -2.28. The molecule has 0 bridgehead atoms. The van der Waals surface area contributed by atoms with Crippen LogP contribution in [0.15, 0.2) is 53.5 Å². The molecule has 2 aromatic carbocycles. The lowest BCUT2D eigenvalue weighted by molar-refractivity contribution is 0.185. The number of methoxy groups -OCH3 is 1. The lowest BCUT2D eigenvalue weighted by Crippen LogP contribution is -2.31. The number of anilines is 1. The highest BCUT2D eigenvalue weighted by atomic mass is 16.5. The van der Waals surface area contributed by atoms with Crippen molar-refractivity contribution in [1.82, 2.24) is 4.90 Å². The van der Waals surface area contributed by atoms with Crippen LogP contribution in [0.2, 0.25) is 0 Å². The van der Waals surface area contributed by atoms with E-state index in [-0.39, 0.29) is 0 Å². The van der Waals surface area contributed by atoms with E-state index in [2.05, 4.69) is 39.5 Å². The number of hydrogen-bond donors (Lipinski definition) is 2. The molecular weight excluding hydrogens is 324 g/mol. The number of fused-ring (bicyclic) bond motifs is 1. The fourth-order valence-corrected chi connectivity index (χ4v) is 3.34. The lowest BCUT2D eigenvalue weighted by atomic mass is 10.00. The van der Waals surface area contributed by atoms with E-state index in [1.807, 2.05) is 24.3 Å². The van der Waals surface area contributed by atoms with Gasteiger partial charge in [0.25, 0.3) is 0 Å². The summed E-state index contributed by atoms with van der Waals surface area (Å²) in [7, 11) is 1.69. The van der Waals surface area contributed by atoms with E-state index in [0.717, 1.165) is 50.3 Å². The average molecular weight is 352 g/mol. The summed E-state index contributed by atoms with van der Waals surface area (Å²) in [6, 6.07) is 16.7. The van der Waals surface area contributed by atoms with Gasteiger partial charge in [-0.3, -0.25) is 9.89 Å². The number of nitrogens with zero attached hydrogens (tertiary/aromatic N) is 2. The Balaban J connectivity index is 1.44. The second-order valence-corrected chi connectivity index (χ2v) is 6.63. The minimum absolute atomic E-state index is 0.456. The van der Waals surface area contributed by atoms with E-state index >= 15 is 0 Å². The third-order valence-corrected chi connectivity index (χ3v) is 4.70. The van der Waals surface area contributed by atoms with Crippen molar-refractivity contribution in [3.63, 3.8) is 0 Å². The largest absolute Gasteiger partial charge is 0.380 e. The maximum Gasteiger partial charge on any atom is 0.193 e. The fraction of sp³-hybridized carbons (Fsp3) is 0.381. The zero-order valence-electron chi connectivity index (χ0n) is 15.4. The first-order chi connectivity index (χ1) is 12.8. The molecule has 0 radical (unpaired) electrons. The smallest absolute Gasteiger partial charge is 0.193 e. The summed E-state index contributed by atoms with van der Waals surface area (Å²) in [5.41, 5.74) is 11.0. The highest BCUT2D eigenvalue weighted by Crippen LogP contribution is 2.18. The first-order valence-electron chi connectivity index (χ1n) is 9.19. The number of rotatable bonds is 7. The molecule has 0 atom stereocenters. The van der Waals surface area contributed by atoms with Gasteiger partial charge in [-0.25, -0.2) is 0 Å². The summed E-state index contributed by atoms with van der Waals surface area (Å²) < 4.78 is 5.21. The van der Waals surface area contributed by atoms with Crippen LogP contribution in [0.3, 0.4) is 0 Å². The highest BCUT2D eigenvalue weighted by molar-refractivity contribution is 5.92. The number of para-hydroxylation sites is 1. The van der Waals surface area contributed by atoms with Gasteiger partial charge < -0.3 is 15.8 Å². The van der Waals surface area contributed by atoms with Crippen molar-refractivity contribution in [1.29, 1.82) is 0 Å². The van der Waals surface area contributed by atoms with E-state index < -0.39 is 0 Å². The Kier molecular flexibility index (Phi) is 6.63. The van der Waals surface area contributed by atoms with Crippen LogP contribution in [0, 0.1) is 0 Å². The van der Waals surface area contributed by atoms with Crippen molar-refractivity contribution in [3.05, 3.63) is 65.2 Å². The van der Waals surface area contributed by atoms with Crippen LogP contribution in [-0.2, 0) is 24.3 Å². The molecule has 0 saturated heterocycles. The standard InChI is InChI=1S/C21H28N4O/c1-26-16-19-9-4-5-10-20(19)24-21(22)23-12-6-13-25-14-11-17-7-2-3-8-18(17)15-25/h2-5,7-10H,6,11-16H2,1H3,(H3,22,23,24). The third kappa shape index (κ3) is 5.07. The molecule has 1 aliphatic heterocycles. The van der Waals surface area contributed by atoms with Gasteiger partial charge in [0.2, 0.25) is 0 Å². The molecule has 138 valence electrons. The predicted molar refractivity (Wildman–Crippen MR) is 107 cm³/mol. The van der Waals surface area contributed by atoms with Crippen molar-refractivity contribution in [2.24, 2.45) is 10.7 Å². The summed E-state index contributed by atoms with van der Waals surface area (Å²) in [6.45, 7) is 4.48. The molecule has 26 heavy (non-hydrogen) atoms. The molecule has 1 heterocycles. The first-order valence-corrected chi connectivity index (χ1v) is 9.19. The van der Waals surface area contributed by atoms with Crippen LogP contribution in [0.4, 0.5) is 5.69 Å². The Labute approximate surface area is 155 Å². The normalized spacial score (nSPS) is 14.9. The fourth-order valence-electron chi connectivity index (χ4n) is 3.34. The van der Waals surface area contributed by atoms with Crippen molar-refractivity contribution < 1.29 is 4.74 Å². The van der Waals surface area contributed by atoms with Gasteiger partial charge in [-0.2, -0.15) is 0 Å². The molecule has 5 nitrogen and oxygen atoms in total. The van der Waals surface area contributed by atoms with Gasteiger partial charge in [0, 0.05) is 44.5 Å². The van der Waals surface area contributed by atoms with Crippen LogP contribution in [-0.4, -0.2) is 37.6 Å². The summed E-state index contributed by atoms with van der Waals surface area (Å²) >= 11 is 0. The molecular formula is C21H28N4O. The number of ether oxygens (including phenoxy) is 1. The van der Waals surface area contributed by atoms with E-state index in [0.29, 0.717) is 12.6 Å². The maximum atomic E-state index is 6.04. The van der Waals surface area contributed by atoms with Gasteiger partial charge in [0.1, 0.15) is 0 Å². The zero-order valence-corrected chi connectivity index (χ0v) is 15.4. The topological polar surface area (TPSA) is 62.9 Å². The molecule has 0 fully saturated rings. The Morgan fingerprint density at radius 3 is 2.77 bits per heavy atom. The van der Waals surface area contributed by atoms with Gasteiger partial charge in [-0.1, -0.05) is 42.5 Å². The molecule has 0 unspecified atom stereocenters. The number of nitrogens with two attached hydrogens (primary N) is 1. The predicted octanol–water partition coefficient (Wildman–Crippen LogP) is 3.01. The summed E-state index contributed by atoms with van der Waals surface area (Å²) in [5, 5.41) is 3.18. The van der Waals surface area contributed by atoms with E-state index in [1.54, 1.807) is 7.11 Å². The number of nitrogens with one attached hydrogen (secondary N) is 1. The molecule has 3 rings (SSSR count). The van der Waals surface area contributed by atoms with Crippen LogP contribution in [0.1, 0.15) is 23.1 Å². The quantitative estimate of drug-likeness (QED) is 0.457. The Morgan fingerprint density at radius 1 is 1.15 bits per heavy atom. The van der Waals surface area contributed by atoms with Gasteiger partial charge in [0.15, 0.2) is 5.96 Å². The second-order valence-electron chi connectivity index (χ2n) is 6.63. The van der Waals surface area contributed by atoms with E-state index in [9.17, 15) is 0 Å². The van der Waals surface area contributed by atoms with Gasteiger partial charge in [-0.05, 0) is 30.0 Å². The molecule has 0 saturated carbocycles. The second kappa shape index (κ2) is 9.36. The Hall–Kier alpha value is -2.37. The SMILES string of the molecule is COCc1ccccc1NC(N)=NCCCN1CCc2ccccc2C1. The Bertz CT molecular complexity index is 744. The van der Waals surface area contributed by atoms with Crippen molar-refractivity contribution in [3.8, 4) is 0 Å². The number of guanidine groups is 1. The summed E-state index contributed by atoms with van der Waals surface area (Å²) in [4.78, 5) is 6.96. The maximum absolute atomic E-state index is 6.04. The summed E-state index contributed by atoms with van der Waals surface area (Å²) in [6.07, 6.45) is 2.14. The van der Waals surface area contributed by atoms with Gasteiger partial charge >= 0.3 is 0 Å². The molecule has 0 aromatic heterocycles. The molecule has 2 aromatic rings. The van der Waals surface area contributed by atoms with E-state index in [1.165, 1.54) is 11.1 Å². The van der Waals surface area contributed by atoms with Crippen LogP contribution < -0.4 is 11.1 Å². The minimum atomic E-state index is 0.456. The molecule has 0 aliphatic carbocycles.